The first-order valence-electron chi connectivity index (χ1n) is 8.79. The van der Waals surface area contributed by atoms with Gasteiger partial charge >= 0.3 is 5.69 Å². The van der Waals surface area contributed by atoms with Gasteiger partial charge in [-0.05, 0) is 19.8 Å². The van der Waals surface area contributed by atoms with E-state index in [4.69, 9.17) is 5.73 Å². The number of hydrogen-bond acceptors (Lipinski definition) is 6. The van der Waals surface area contributed by atoms with Crippen LogP contribution in [-0.4, -0.2) is 27.0 Å². The molecule has 0 aliphatic heterocycles. The van der Waals surface area contributed by atoms with Gasteiger partial charge in [0.25, 0.3) is 5.56 Å². The molecule has 26 heavy (non-hydrogen) atoms. The van der Waals surface area contributed by atoms with Crippen LogP contribution in [0.25, 0.3) is 0 Å². The van der Waals surface area contributed by atoms with Gasteiger partial charge in [0.1, 0.15) is 5.82 Å². The Labute approximate surface area is 155 Å². The second kappa shape index (κ2) is 8.79. The highest BCUT2D eigenvalue weighted by atomic mass is 32.1. The third kappa shape index (κ3) is 4.21. The van der Waals surface area contributed by atoms with Crippen molar-refractivity contribution in [1.29, 1.82) is 0 Å². The molecule has 8 nitrogen and oxygen atoms in total. The molecular formula is C17H25N5O3S. The van der Waals surface area contributed by atoms with E-state index in [1.807, 2.05) is 19.2 Å². The number of H-pyrrole nitrogens is 1. The van der Waals surface area contributed by atoms with E-state index >= 15 is 0 Å². The number of anilines is 2. The summed E-state index contributed by atoms with van der Waals surface area (Å²) in [5, 5.41) is 2.81. The minimum absolute atomic E-state index is 0.0231. The zero-order chi connectivity index (χ0) is 19.3. The van der Waals surface area contributed by atoms with Gasteiger partial charge in [-0.1, -0.05) is 20.3 Å². The first-order valence-corrected chi connectivity index (χ1v) is 9.67. The summed E-state index contributed by atoms with van der Waals surface area (Å²) in [5.41, 5.74) is 5.59. The molecule has 0 spiro atoms. The molecule has 2 aromatic heterocycles. The Hall–Kier alpha value is -2.42. The summed E-state index contributed by atoms with van der Waals surface area (Å²) in [6, 6.07) is 0. The molecule has 2 aromatic rings. The lowest BCUT2D eigenvalue weighted by atomic mass is 10.2. The molecule has 0 radical (unpaired) electrons. The molecule has 3 N–H and O–H groups in total. The molecule has 2 rings (SSSR count). The van der Waals surface area contributed by atoms with Crippen LogP contribution >= 0.6 is 11.3 Å². The minimum atomic E-state index is -0.650. The summed E-state index contributed by atoms with van der Waals surface area (Å²) in [4.78, 5) is 45.1. The van der Waals surface area contributed by atoms with Crippen LogP contribution in [0.15, 0.2) is 15.0 Å². The van der Waals surface area contributed by atoms with Crippen molar-refractivity contribution in [2.75, 3.05) is 17.2 Å². The summed E-state index contributed by atoms with van der Waals surface area (Å²) < 4.78 is 1.31. The Kier molecular flexibility index (Phi) is 6.73. The minimum Gasteiger partial charge on any atom is -0.383 e. The number of nitrogens with two attached hydrogens (primary N) is 1. The van der Waals surface area contributed by atoms with Crippen LogP contribution in [0.5, 0.6) is 0 Å². The van der Waals surface area contributed by atoms with Gasteiger partial charge in [0, 0.05) is 18.5 Å². The largest absolute Gasteiger partial charge is 0.383 e. The van der Waals surface area contributed by atoms with Gasteiger partial charge in [0.05, 0.1) is 17.1 Å². The van der Waals surface area contributed by atoms with Crippen molar-refractivity contribution in [1.82, 2.24) is 14.5 Å². The quantitative estimate of drug-likeness (QED) is 0.722. The molecule has 0 bridgehead atoms. The van der Waals surface area contributed by atoms with E-state index in [-0.39, 0.29) is 30.4 Å². The van der Waals surface area contributed by atoms with Crippen molar-refractivity contribution in [2.24, 2.45) is 0 Å². The number of aryl methyl sites for hydroxylation is 1. The smallest absolute Gasteiger partial charge is 0.330 e. The zero-order valence-corrected chi connectivity index (χ0v) is 16.2. The SMILES string of the molecule is CCCCn1c(N)c(N(CC)C(=O)Cc2csc(CC)n2)c(=O)[nH]c1=O. The van der Waals surface area contributed by atoms with Crippen LogP contribution in [0.4, 0.5) is 11.5 Å². The molecule has 0 saturated heterocycles. The molecule has 9 heteroatoms. The predicted molar refractivity (Wildman–Crippen MR) is 104 cm³/mol. The molecule has 2 heterocycles. The number of carbonyl (C=O) groups excluding carboxylic acids is 1. The molecule has 1 amide bonds. The summed E-state index contributed by atoms with van der Waals surface area (Å²) in [6.07, 6.45) is 2.51. The Morgan fingerprint density at radius 2 is 2.08 bits per heavy atom. The third-order valence-electron chi connectivity index (χ3n) is 4.07. The van der Waals surface area contributed by atoms with Gasteiger partial charge < -0.3 is 10.6 Å². The van der Waals surface area contributed by atoms with Crippen molar-refractivity contribution in [3.8, 4) is 0 Å². The number of aromatic amines is 1. The van der Waals surface area contributed by atoms with Crippen molar-refractivity contribution >= 4 is 28.7 Å². The van der Waals surface area contributed by atoms with Gasteiger partial charge in [-0.3, -0.25) is 19.1 Å². The molecule has 142 valence electrons. The highest BCUT2D eigenvalue weighted by Gasteiger charge is 2.23. The van der Waals surface area contributed by atoms with Crippen LogP contribution in [0.1, 0.15) is 44.3 Å². The number of nitrogens with zero attached hydrogens (tertiary/aromatic N) is 3. The summed E-state index contributed by atoms with van der Waals surface area (Å²) in [6.45, 7) is 6.42. The third-order valence-corrected chi connectivity index (χ3v) is 5.11. The van der Waals surface area contributed by atoms with Crippen molar-refractivity contribution in [2.45, 2.75) is 53.0 Å². The molecule has 0 saturated carbocycles. The average Bonchev–Trinajstić information content (AvgIpc) is 3.05. The number of aromatic nitrogens is 3. The number of hydrogen-bond donors (Lipinski definition) is 2. The number of thiazole rings is 1. The maximum atomic E-state index is 12.8. The van der Waals surface area contributed by atoms with Gasteiger partial charge in [-0.15, -0.1) is 11.3 Å². The van der Waals surface area contributed by atoms with Crippen molar-refractivity contribution in [3.05, 3.63) is 36.9 Å². The number of carbonyl (C=O) groups is 1. The van der Waals surface area contributed by atoms with Crippen LogP contribution < -0.4 is 21.9 Å². The number of nitrogens with one attached hydrogen (secondary N) is 1. The molecule has 0 aliphatic carbocycles. The molecule has 0 aliphatic rings. The maximum absolute atomic E-state index is 12.8. The number of likely N-dealkylation sites (N-methyl/N-ethyl adjacent to an activating group) is 1. The van der Waals surface area contributed by atoms with E-state index < -0.39 is 11.2 Å². The highest BCUT2D eigenvalue weighted by Crippen LogP contribution is 2.19. The number of unbranched alkanes of at least 4 members (excludes halogenated alkanes) is 1. The van der Waals surface area contributed by atoms with E-state index in [1.54, 1.807) is 6.92 Å². The Morgan fingerprint density at radius 3 is 2.65 bits per heavy atom. The van der Waals surface area contributed by atoms with Gasteiger partial charge in [-0.25, -0.2) is 9.78 Å². The lowest BCUT2D eigenvalue weighted by Crippen LogP contribution is -2.41. The fourth-order valence-electron chi connectivity index (χ4n) is 2.68. The van der Waals surface area contributed by atoms with Crippen molar-refractivity contribution < 1.29 is 4.79 Å². The molecule has 0 atom stereocenters. The molecule has 0 aromatic carbocycles. The maximum Gasteiger partial charge on any atom is 0.330 e. The number of nitrogen functional groups attached to an aromatic ring is 1. The second-order valence-electron chi connectivity index (χ2n) is 5.90. The van der Waals surface area contributed by atoms with Crippen LogP contribution in [-0.2, 0) is 24.2 Å². The topological polar surface area (TPSA) is 114 Å². The Balaban J connectivity index is 2.37. The molecule has 0 fully saturated rings. The van der Waals surface area contributed by atoms with Gasteiger partial charge in [-0.2, -0.15) is 0 Å². The Morgan fingerprint density at radius 1 is 1.35 bits per heavy atom. The van der Waals surface area contributed by atoms with Gasteiger partial charge in [0.2, 0.25) is 5.91 Å². The van der Waals surface area contributed by atoms with Crippen LogP contribution in [0.3, 0.4) is 0 Å². The zero-order valence-electron chi connectivity index (χ0n) is 15.4. The highest BCUT2D eigenvalue weighted by molar-refractivity contribution is 7.09. The van der Waals surface area contributed by atoms with E-state index in [2.05, 4.69) is 9.97 Å². The summed E-state index contributed by atoms with van der Waals surface area (Å²) in [7, 11) is 0. The van der Waals surface area contributed by atoms with E-state index in [0.29, 0.717) is 12.2 Å². The van der Waals surface area contributed by atoms with E-state index in [0.717, 1.165) is 24.3 Å². The van der Waals surface area contributed by atoms with E-state index in [1.165, 1.54) is 20.8 Å². The fourth-order valence-corrected chi connectivity index (χ4v) is 3.42. The number of amides is 1. The summed E-state index contributed by atoms with van der Waals surface area (Å²) >= 11 is 1.51. The van der Waals surface area contributed by atoms with E-state index in [9.17, 15) is 14.4 Å². The van der Waals surface area contributed by atoms with Gasteiger partial charge in [0.15, 0.2) is 5.69 Å². The molecule has 0 unspecified atom stereocenters. The Bertz CT molecular complexity index is 883. The average molecular weight is 379 g/mol. The fraction of sp³-hybridized carbons (Fsp3) is 0.529. The van der Waals surface area contributed by atoms with Crippen LogP contribution in [0.2, 0.25) is 0 Å². The first-order chi connectivity index (χ1) is 12.4. The van der Waals surface area contributed by atoms with Crippen molar-refractivity contribution in [3.63, 3.8) is 0 Å². The number of rotatable bonds is 8. The standard InChI is InChI=1S/C17H25N5O3S/c1-4-7-8-22-15(18)14(16(24)20-17(22)25)21(6-3)13(23)9-11-10-26-12(5-2)19-11/h10H,4-9,18H2,1-3H3,(H,20,24,25). The monoisotopic (exact) mass is 379 g/mol. The van der Waals surface area contributed by atoms with Crippen LogP contribution in [0, 0.1) is 0 Å². The second-order valence-corrected chi connectivity index (χ2v) is 6.84. The first kappa shape index (κ1) is 19.9. The predicted octanol–water partition coefficient (Wildman–Crippen LogP) is 1.53. The summed E-state index contributed by atoms with van der Waals surface area (Å²) in [5.74, 6) is -0.256. The lowest BCUT2D eigenvalue weighted by Gasteiger charge is -2.23. The molecular weight excluding hydrogens is 354 g/mol. The normalized spacial score (nSPS) is 10.9. The lowest BCUT2D eigenvalue weighted by molar-refractivity contribution is -0.118.